The van der Waals surface area contributed by atoms with Gasteiger partial charge in [0.25, 0.3) is 0 Å². The van der Waals surface area contributed by atoms with E-state index in [2.05, 4.69) is 20.8 Å². The van der Waals surface area contributed by atoms with E-state index in [1.165, 1.54) is 12.4 Å². The van der Waals surface area contributed by atoms with E-state index < -0.39 is 17.5 Å². The number of nitrogens with zero attached hydrogens (tertiary/aromatic N) is 1. The van der Waals surface area contributed by atoms with Crippen molar-refractivity contribution in [1.82, 2.24) is 15.5 Å². The molecular weight excluding hydrogens is 212 g/mol. The van der Waals surface area contributed by atoms with Crippen LogP contribution in [-0.4, -0.2) is 32.8 Å². The third-order valence-corrected chi connectivity index (χ3v) is 1.80. The van der Waals surface area contributed by atoms with Crippen molar-refractivity contribution in [2.75, 3.05) is 5.32 Å². The summed E-state index contributed by atoms with van der Waals surface area (Å²) in [5.74, 6) is -0.964. The fourth-order valence-electron chi connectivity index (χ4n) is 1.21. The Bertz CT molecular complexity index is 372. The van der Waals surface area contributed by atoms with Crippen LogP contribution in [0.25, 0.3) is 0 Å². The lowest BCUT2D eigenvalue weighted by Crippen LogP contribution is -2.46. The molecule has 1 aromatic heterocycles. The van der Waals surface area contributed by atoms with Crippen molar-refractivity contribution in [3.8, 4) is 0 Å². The molecule has 0 aromatic carbocycles. The molecule has 88 valence electrons. The molecule has 0 aliphatic heterocycles. The Morgan fingerprint density at radius 3 is 2.75 bits per heavy atom. The van der Waals surface area contributed by atoms with Crippen molar-refractivity contribution in [3.05, 3.63) is 12.4 Å². The second-order valence-corrected chi connectivity index (χ2v) is 4.02. The molecule has 0 aliphatic rings. The molecule has 1 aromatic rings. The topological polar surface area (TPSA) is 107 Å². The van der Waals surface area contributed by atoms with Gasteiger partial charge in [0.05, 0.1) is 18.3 Å². The largest absolute Gasteiger partial charge is 0.481 e. The number of aliphatic carboxylic acids is 1. The Morgan fingerprint density at radius 2 is 2.25 bits per heavy atom. The van der Waals surface area contributed by atoms with Gasteiger partial charge in [0, 0.05) is 11.7 Å². The predicted octanol–water partition coefficient (Wildman–Crippen LogP) is 0.784. The molecule has 4 N–H and O–H groups in total. The van der Waals surface area contributed by atoms with Crippen LogP contribution >= 0.6 is 0 Å². The fraction of sp³-hybridized carbons (Fsp3) is 0.444. The highest BCUT2D eigenvalue weighted by atomic mass is 16.4. The zero-order valence-corrected chi connectivity index (χ0v) is 9.07. The number of nitrogens with one attached hydrogen (secondary N) is 3. The van der Waals surface area contributed by atoms with Crippen LogP contribution in [0.3, 0.4) is 0 Å². The van der Waals surface area contributed by atoms with Gasteiger partial charge in [0.15, 0.2) is 0 Å². The third-order valence-electron chi connectivity index (χ3n) is 1.80. The molecular formula is C9H14N4O3. The van der Waals surface area contributed by atoms with Crippen LogP contribution in [0.2, 0.25) is 0 Å². The Morgan fingerprint density at radius 1 is 1.56 bits per heavy atom. The highest BCUT2D eigenvalue weighted by Gasteiger charge is 2.23. The van der Waals surface area contributed by atoms with E-state index in [4.69, 9.17) is 5.11 Å². The van der Waals surface area contributed by atoms with Crippen LogP contribution in [0.1, 0.15) is 20.3 Å². The van der Waals surface area contributed by atoms with Crippen LogP contribution in [0.4, 0.5) is 10.5 Å². The van der Waals surface area contributed by atoms with Gasteiger partial charge in [-0.2, -0.15) is 5.10 Å². The number of carboxylic acid groups (broad SMARTS) is 1. The zero-order valence-electron chi connectivity index (χ0n) is 9.07. The quantitative estimate of drug-likeness (QED) is 0.608. The van der Waals surface area contributed by atoms with Crippen molar-refractivity contribution in [1.29, 1.82) is 0 Å². The first kappa shape index (κ1) is 12.0. The molecule has 0 saturated heterocycles. The van der Waals surface area contributed by atoms with Crippen LogP contribution < -0.4 is 10.6 Å². The molecule has 0 saturated carbocycles. The lowest BCUT2D eigenvalue weighted by Gasteiger charge is -2.24. The molecule has 2 amide bonds. The van der Waals surface area contributed by atoms with Gasteiger partial charge in [-0.1, -0.05) is 0 Å². The number of carbonyl (C=O) groups excluding carboxylic acids is 1. The second-order valence-electron chi connectivity index (χ2n) is 4.02. The molecule has 0 bridgehead atoms. The zero-order chi connectivity index (χ0) is 12.2. The minimum atomic E-state index is -0.964. The van der Waals surface area contributed by atoms with Gasteiger partial charge in [0.2, 0.25) is 0 Å². The molecule has 1 rings (SSSR count). The highest BCUT2D eigenvalue weighted by Crippen LogP contribution is 2.09. The number of hydrogen-bond donors (Lipinski definition) is 4. The van der Waals surface area contributed by atoms with Gasteiger partial charge in [-0.25, -0.2) is 4.79 Å². The first-order valence-electron chi connectivity index (χ1n) is 4.69. The van der Waals surface area contributed by atoms with Crippen LogP contribution in [-0.2, 0) is 4.79 Å². The van der Waals surface area contributed by atoms with Crippen molar-refractivity contribution in [3.63, 3.8) is 0 Å². The Labute approximate surface area is 92.2 Å². The summed E-state index contributed by atoms with van der Waals surface area (Å²) in [5.41, 5.74) is -0.289. The van der Waals surface area contributed by atoms with Crippen LogP contribution in [0.15, 0.2) is 12.4 Å². The van der Waals surface area contributed by atoms with Crippen molar-refractivity contribution in [2.45, 2.75) is 25.8 Å². The summed E-state index contributed by atoms with van der Waals surface area (Å²) in [7, 11) is 0. The van der Waals surface area contributed by atoms with Crippen LogP contribution in [0.5, 0.6) is 0 Å². The summed E-state index contributed by atoms with van der Waals surface area (Å²) in [6.45, 7) is 3.27. The maximum atomic E-state index is 11.5. The minimum absolute atomic E-state index is 0.147. The SMILES string of the molecule is CC(C)(CC(=O)O)NC(=O)Nc1cn[nH]c1. The second kappa shape index (κ2) is 4.65. The molecule has 0 atom stereocenters. The molecule has 0 aliphatic carbocycles. The lowest BCUT2D eigenvalue weighted by atomic mass is 10.0. The summed E-state index contributed by atoms with van der Waals surface area (Å²) in [6.07, 6.45) is 2.82. The van der Waals surface area contributed by atoms with E-state index in [-0.39, 0.29) is 6.42 Å². The number of amides is 2. The molecule has 0 fully saturated rings. The number of carboxylic acids is 1. The maximum Gasteiger partial charge on any atom is 0.319 e. The Hall–Kier alpha value is -2.05. The number of urea groups is 1. The number of aromatic amines is 1. The normalized spacial score (nSPS) is 10.9. The Balaban J connectivity index is 2.47. The summed E-state index contributed by atoms with van der Waals surface area (Å²) < 4.78 is 0. The number of anilines is 1. The third kappa shape index (κ3) is 3.99. The number of carbonyl (C=O) groups is 2. The van der Waals surface area contributed by atoms with Gasteiger partial charge >= 0.3 is 12.0 Å². The van der Waals surface area contributed by atoms with E-state index in [0.717, 1.165) is 0 Å². The van der Waals surface area contributed by atoms with E-state index >= 15 is 0 Å². The number of aromatic nitrogens is 2. The van der Waals surface area contributed by atoms with Gasteiger partial charge in [0.1, 0.15) is 0 Å². The first-order chi connectivity index (χ1) is 7.39. The average molecular weight is 226 g/mol. The molecule has 0 spiro atoms. The average Bonchev–Trinajstić information content (AvgIpc) is 2.51. The Kier molecular flexibility index (Phi) is 3.49. The van der Waals surface area contributed by atoms with E-state index in [1.807, 2.05) is 0 Å². The molecule has 1 heterocycles. The van der Waals surface area contributed by atoms with Gasteiger partial charge in [-0.15, -0.1) is 0 Å². The summed E-state index contributed by atoms with van der Waals surface area (Å²) >= 11 is 0. The summed E-state index contributed by atoms with van der Waals surface area (Å²) in [6, 6.07) is -0.465. The van der Waals surface area contributed by atoms with Crippen molar-refractivity contribution >= 4 is 17.7 Å². The smallest absolute Gasteiger partial charge is 0.319 e. The van der Waals surface area contributed by atoms with Crippen molar-refractivity contribution < 1.29 is 14.7 Å². The standard InChI is InChI=1S/C9H14N4O3/c1-9(2,3-7(14)15)13-8(16)12-6-4-10-11-5-6/h4-5H,3H2,1-2H3,(H,10,11)(H,14,15)(H2,12,13,16). The molecule has 7 nitrogen and oxygen atoms in total. The summed E-state index contributed by atoms with van der Waals surface area (Å²) in [4.78, 5) is 22.0. The molecule has 16 heavy (non-hydrogen) atoms. The fourth-order valence-corrected chi connectivity index (χ4v) is 1.21. The number of H-pyrrole nitrogens is 1. The van der Waals surface area contributed by atoms with E-state index in [9.17, 15) is 9.59 Å². The van der Waals surface area contributed by atoms with E-state index in [0.29, 0.717) is 5.69 Å². The number of hydrogen-bond acceptors (Lipinski definition) is 3. The summed E-state index contributed by atoms with van der Waals surface area (Å²) in [5, 5.41) is 19.9. The van der Waals surface area contributed by atoms with Crippen LogP contribution in [0, 0.1) is 0 Å². The lowest BCUT2D eigenvalue weighted by molar-refractivity contribution is -0.138. The van der Waals surface area contributed by atoms with Gasteiger partial charge < -0.3 is 15.7 Å². The monoisotopic (exact) mass is 226 g/mol. The maximum absolute atomic E-state index is 11.5. The van der Waals surface area contributed by atoms with E-state index in [1.54, 1.807) is 13.8 Å². The highest BCUT2D eigenvalue weighted by molar-refractivity contribution is 5.89. The minimum Gasteiger partial charge on any atom is -0.481 e. The predicted molar refractivity (Wildman–Crippen MR) is 57.1 cm³/mol. The molecule has 0 unspecified atom stereocenters. The molecule has 0 radical (unpaired) electrons. The van der Waals surface area contributed by atoms with Gasteiger partial charge in [-0.05, 0) is 13.8 Å². The number of rotatable bonds is 4. The first-order valence-corrected chi connectivity index (χ1v) is 4.69. The van der Waals surface area contributed by atoms with Gasteiger partial charge in [-0.3, -0.25) is 9.89 Å². The molecule has 7 heteroatoms. The van der Waals surface area contributed by atoms with Crippen molar-refractivity contribution in [2.24, 2.45) is 0 Å².